The molecule has 0 atom stereocenters. The molecular formula is C14H19NO2. The maximum Gasteiger partial charge on any atom is 0.227 e. The predicted octanol–water partition coefficient (Wildman–Crippen LogP) is 1.52. The molecular weight excluding hydrogens is 214 g/mol. The number of amides is 1. The quantitative estimate of drug-likeness (QED) is 0.860. The first-order chi connectivity index (χ1) is 8.04. The van der Waals surface area contributed by atoms with Gasteiger partial charge in [0.15, 0.2) is 0 Å². The monoisotopic (exact) mass is 233 g/mol. The number of aliphatic hydroxyl groups is 1. The van der Waals surface area contributed by atoms with Gasteiger partial charge < -0.3 is 10.0 Å². The van der Waals surface area contributed by atoms with Gasteiger partial charge in [-0.15, -0.1) is 0 Å². The zero-order valence-electron chi connectivity index (χ0n) is 10.4. The Kier molecular flexibility index (Phi) is 3.20. The van der Waals surface area contributed by atoms with Crippen molar-refractivity contribution in [2.45, 2.75) is 32.3 Å². The van der Waals surface area contributed by atoms with Gasteiger partial charge in [0.05, 0.1) is 25.1 Å². The summed E-state index contributed by atoms with van der Waals surface area (Å²) in [7, 11) is 0. The van der Waals surface area contributed by atoms with Gasteiger partial charge in [-0.1, -0.05) is 31.2 Å². The molecule has 0 spiro atoms. The van der Waals surface area contributed by atoms with Crippen LogP contribution in [0.5, 0.6) is 0 Å². The van der Waals surface area contributed by atoms with E-state index in [0.29, 0.717) is 25.9 Å². The van der Waals surface area contributed by atoms with Crippen LogP contribution in [0.3, 0.4) is 0 Å². The molecule has 1 fully saturated rings. The van der Waals surface area contributed by atoms with Crippen molar-refractivity contribution in [2.24, 2.45) is 0 Å². The van der Waals surface area contributed by atoms with E-state index in [4.69, 9.17) is 0 Å². The molecule has 0 aliphatic carbocycles. The third kappa shape index (κ3) is 2.50. The van der Waals surface area contributed by atoms with Crippen LogP contribution in [-0.4, -0.2) is 34.6 Å². The molecule has 1 amide bonds. The highest BCUT2D eigenvalue weighted by Crippen LogP contribution is 2.24. The van der Waals surface area contributed by atoms with Gasteiger partial charge in [-0.3, -0.25) is 4.79 Å². The number of carbonyl (C=O) groups is 1. The second kappa shape index (κ2) is 4.49. The molecule has 3 heteroatoms. The van der Waals surface area contributed by atoms with Gasteiger partial charge in [-0.25, -0.2) is 0 Å². The molecule has 0 radical (unpaired) electrons. The Balaban J connectivity index is 1.94. The van der Waals surface area contributed by atoms with Crippen LogP contribution < -0.4 is 0 Å². The summed E-state index contributed by atoms with van der Waals surface area (Å²) in [5, 5.41) is 9.86. The smallest absolute Gasteiger partial charge is 0.227 e. The number of benzene rings is 1. The third-order valence-corrected chi connectivity index (χ3v) is 3.58. The Labute approximate surface area is 102 Å². The highest BCUT2D eigenvalue weighted by molar-refractivity contribution is 5.80. The second-order valence-corrected chi connectivity index (χ2v) is 4.93. The van der Waals surface area contributed by atoms with Crippen molar-refractivity contribution in [1.29, 1.82) is 0 Å². The zero-order valence-corrected chi connectivity index (χ0v) is 10.4. The summed E-state index contributed by atoms with van der Waals surface area (Å²) in [6.07, 6.45) is 1.15. The summed E-state index contributed by atoms with van der Waals surface area (Å²) in [5.41, 5.74) is 1.58. The van der Waals surface area contributed by atoms with Gasteiger partial charge in [0, 0.05) is 0 Å². The van der Waals surface area contributed by atoms with E-state index in [1.165, 1.54) is 0 Å². The van der Waals surface area contributed by atoms with Crippen molar-refractivity contribution < 1.29 is 9.90 Å². The Hall–Kier alpha value is -1.35. The normalized spacial score (nSPS) is 17.7. The number of rotatable bonds is 3. The van der Waals surface area contributed by atoms with E-state index in [-0.39, 0.29) is 5.91 Å². The fourth-order valence-corrected chi connectivity index (χ4v) is 2.15. The van der Waals surface area contributed by atoms with Gasteiger partial charge in [0.25, 0.3) is 0 Å². The molecule has 0 unspecified atom stereocenters. The molecule has 1 aromatic rings. The molecule has 2 rings (SSSR count). The van der Waals surface area contributed by atoms with E-state index >= 15 is 0 Å². The van der Waals surface area contributed by atoms with Crippen molar-refractivity contribution in [3.63, 3.8) is 0 Å². The van der Waals surface area contributed by atoms with Gasteiger partial charge in [-0.05, 0) is 24.5 Å². The molecule has 1 aliphatic heterocycles. The molecule has 1 saturated heterocycles. The zero-order chi connectivity index (χ0) is 12.5. The Bertz CT molecular complexity index is 422. The van der Waals surface area contributed by atoms with Crippen LogP contribution in [0.15, 0.2) is 24.3 Å². The summed E-state index contributed by atoms with van der Waals surface area (Å²) in [6, 6.07) is 7.93. The lowest BCUT2D eigenvalue weighted by Gasteiger charge is -2.46. The minimum atomic E-state index is -0.638. The minimum Gasteiger partial charge on any atom is -0.386 e. The molecule has 0 saturated carbocycles. The van der Waals surface area contributed by atoms with Gasteiger partial charge in [0.2, 0.25) is 5.91 Å². The highest BCUT2D eigenvalue weighted by Gasteiger charge is 2.41. The summed E-state index contributed by atoms with van der Waals surface area (Å²) in [5.74, 6) is 0.109. The summed E-state index contributed by atoms with van der Waals surface area (Å²) >= 11 is 0. The number of hydrogen-bond acceptors (Lipinski definition) is 2. The highest BCUT2D eigenvalue weighted by atomic mass is 16.3. The molecule has 1 aliphatic rings. The number of aryl methyl sites for hydroxylation is 1. The summed E-state index contributed by atoms with van der Waals surface area (Å²) < 4.78 is 0. The van der Waals surface area contributed by atoms with Crippen LogP contribution in [0, 0.1) is 6.92 Å². The standard InChI is InChI=1S/C14H19NO2/c1-3-14(17)9-15(10-14)13(16)8-12-7-5-4-6-11(12)2/h4-7,17H,3,8-10H2,1-2H3. The first kappa shape index (κ1) is 12.1. The number of carbonyl (C=O) groups excluding carboxylic acids is 1. The van der Waals surface area contributed by atoms with E-state index in [1.807, 2.05) is 38.1 Å². The molecule has 92 valence electrons. The van der Waals surface area contributed by atoms with E-state index in [2.05, 4.69) is 0 Å². The summed E-state index contributed by atoms with van der Waals surface area (Å²) in [4.78, 5) is 13.7. The first-order valence-corrected chi connectivity index (χ1v) is 6.09. The van der Waals surface area contributed by atoms with E-state index in [0.717, 1.165) is 11.1 Å². The van der Waals surface area contributed by atoms with Crippen molar-refractivity contribution in [2.75, 3.05) is 13.1 Å². The Morgan fingerprint density at radius 2 is 2.06 bits per heavy atom. The molecule has 1 N–H and O–H groups in total. The molecule has 3 nitrogen and oxygen atoms in total. The van der Waals surface area contributed by atoms with Crippen LogP contribution >= 0.6 is 0 Å². The number of likely N-dealkylation sites (tertiary alicyclic amines) is 1. The van der Waals surface area contributed by atoms with Crippen molar-refractivity contribution >= 4 is 5.91 Å². The SMILES string of the molecule is CCC1(O)CN(C(=O)Cc2ccccc2C)C1. The van der Waals surface area contributed by atoms with Crippen molar-refractivity contribution in [1.82, 2.24) is 4.90 Å². The van der Waals surface area contributed by atoms with Crippen LogP contribution in [0.25, 0.3) is 0 Å². The van der Waals surface area contributed by atoms with Crippen LogP contribution in [0.1, 0.15) is 24.5 Å². The van der Waals surface area contributed by atoms with E-state index in [9.17, 15) is 9.90 Å². The maximum atomic E-state index is 12.0. The molecule has 17 heavy (non-hydrogen) atoms. The average Bonchev–Trinajstić information content (AvgIpc) is 2.28. The van der Waals surface area contributed by atoms with Gasteiger partial charge in [-0.2, -0.15) is 0 Å². The minimum absolute atomic E-state index is 0.109. The van der Waals surface area contributed by atoms with Crippen LogP contribution in [-0.2, 0) is 11.2 Å². The average molecular weight is 233 g/mol. The van der Waals surface area contributed by atoms with Crippen molar-refractivity contribution in [3.05, 3.63) is 35.4 Å². The fraction of sp³-hybridized carbons (Fsp3) is 0.500. The number of β-amino-alcohol motifs (C(OH)–C–C–N with tert-alkyl or cyclic N) is 1. The van der Waals surface area contributed by atoms with E-state index in [1.54, 1.807) is 4.90 Å². The van der Waals surface area contributed by atoms with Crippen molar-refractivity contribution in [3.8, 4) is 0 Å². The fourth-order valence-electron chi connectivity index (χ4n) is 2.15. The third-order valence-electron chi connectivity index (χ3n) is 3.58. The molecule has 0 bridgehead atoms. The maximum absolute atomic E-state index is 12.0. The van der Waals surface area contributed by atoms with Crippen LogP contribution in [0.2, 0.25) is 0 Å². The van der Waals surface area contributed by atoms with Crippen LogP contribution in [0.4, 0.5) is 0 Å². The number of nitrogens with zero attached hydrogens (tertiary/aromatic N) is 1. The topological polar surface area (TPSA) is 40.5 Å². The van der Waals surface area contributed by atoms with E-state index < -0.39 is 5.60 Å². The lowest BCUT2D eigenvalue weighted by Crippen LogP contribution is -2.63. The first-order valence-electron chi connectivity index (χ1n) is 6.09. The number of hydrogen-bond donors (Lipinski definition) is 1. The summed E-state index contributed by atoms with van der Waals surface area (Å²) in [6.45, 7) is 4.92. The second-order valence-electron chi connectivity index (χ2n) is 4.93. The Morgan fingerprint density at radius 1 is 1.41 bits per heavy atom. The van der Waals surface area contributed by atoms with Gasteiger partial charge >= 0.3 is 0 Å². The lowest BCUT2D eigenvalue weighted by molar-refractivity contribution is -0.155. The largest absolute Gasteiger partial charge is 0.386 e. The van der Waals surface area contributed by atoms with Gasteiger partial charge in [0.1, 0.15) is 0 Å². The predicted molar refractivity (Wildman–Crippen MR) is 66.7 cm³/mol. The lowest BCUT2D eigenvalue weighted by atomic mass is 9.90. The molecule has 0 aromatic heterocycles. The molecule has 1 aromatic carbocycles. The molecule has 1 heterocycles. The Morgan fingerprint density at radius 3 is 2.65 bits per heavy atom.